The molecule has 92 valence electrons. The number of rotatable bonds is 5. The van der Waals surface area contributed by atoms with Gasteiger partial charge >= 0.3 is 0 Å². The summed E-state index contributed by atoms with van der Waals surface area (Å²) in [7, 11) is 0. The van der Waals surface area contributed by atoms with Gasteiger partial charge in [0.1, 0.15) is 5.82 Å². The van der Waals surface area contributed by atoms with Gasteiger partial charge in [-0.1, -0.05) is 0 Å². The van der Waals surface area contributed by atoms with Crippen LogP contribution in [0.1, 0.15) is 28.5 Å². The molecule has 2 aromatic rings. The number of nitrogens with two attached hydrogens (primary N) is 1. The molecule has 0 fully saturated rings. The fourth-order valence-corrected chi connectivity index (χ4v) is 2.82. The van der Waals surface area contributed by atoms with Gasteiger partial charge in [-0.3, -0.25) is 11.3 Å². The molecule has 0 amide bonds. The molecule has 0 bridgehead atoms. The Hall–Kier alpha value is -1.17. The normalized spacial score (nSPS) is 12.9. The van der Waals surface area contributed by atoms with Crippen LogP contribution >= 0.6 is 11.3 Å². The first-order valence-electron chi connectivity index (χ1n) is 5.77. The molecule has 1 unspecified atom stereocenters. The molecule has 0 spiro atoms. The number of nitrogens with one attached hydrogen (secondary N) is 1. The van der Waals surface area contributed by atoms with Gasteiger partial charge in [-0.05, 0) is 26.0 Å². The number of nitrogens with zero attached hydrogens (tertiary/aromatic N) is 2. The summed E-state index contributed by atoms with van der Waals surface area (Å²) in [5.74, 6) is 6.71. The Bertz CT molecular complexity index is 474. The molecule has 3 N–H and O–H groups in total. The molecule has 1 atom stereocenters. The fraction of sp³-hybridized carbons (Fsp3) is 0.417. The predicted octanol–water partition coefficient (Wildman–Crippen LogP) is 2.02. The SMILES string of the molecule is CCn1ccnc1CC(NN)c1ccc(C)s1. The van der Waals surface area contributed by atoms with Gasteiger partial charge in [-0.15, -0.1) is 11.3 Å². The Morgan fingerprint density at radius 3 is 2.94 bits per heavy atom. The molecule has 0 saturated carbocycles. The summed E-state index contributed by atoms with van der Waals surface area (Å²) in [4.78, 5) is 6.94. The van der Waals surface area contributed by atoms with Crippen LogP contribution in [0.2, 0.25) is 0 Å². The molecule has 0 saturated heterocycles. The van der Waals surface area contributed by atoms with E-state index in [-0.39, 0.29) is 6.04 Å². The molecule has 0 aliphatic heterocycles. The number of hydrogen-bond acceptors (Lipinski definition) is 4. The minimum atomic E-state index is 0.140. The zero-order valence-electron chi connectivity index (χ0n) is 10.2. The first kappa shape index (κ1) is 12.3. The van der Waals surface area contributed by atoms with Gasteiger partial charge in [0.2, 0.25) is 0 Å². The number of aromatic nitrogens is 2. The van der Waals surface area contributed by atoms with E-state index in [4.69, 9.17) is 5.84 Å². The molecule has 17 heavy (non-hydrogen) atoms. The maximum absolute atomic E-state index is 5.64. The van der Waals surface area contributed by atoms with Gasteiger partial charge < -0.3 is 4.57 Å². The summed E-state index contributed by atoms with van der Waals surface area (Å²) in [6, 6.07) is 4.39. The second kappa shape index (κ2) is 5.44. The number of aryl methyl sites for hydroxylation is 2. The monoisotopic (exact) mass is 250 g/mol. The van der Waals surface area contributed by atoms with Gasteiger partial charge in [-0.25, -0.2) is 4.98 Å². The Balaban J connectivity index is 2.15. The highest BCUT2D eigenvalue weighted by atomic mass is 32.1. The number of imidazole rings is 1. The number of thiophene rings is 1. The molecule has 2 aromatic heterocycles. The molecular weight excluding hydrogens is 232 g/mol. The van der Waals surface area contributed by atoms with Crippen LogP contribution < -0.4 is 11.3 Å². The van der Waals surface area contributed by atoms with Crippen molar-refractivity contribution in [2.45, 2.75) is 32.9 Å². The highest BCUT2D eigenvalue weighted by molar-refractivity contribution is 7.12. The van der Waals surface area contributed by atoms with E-state index >= 15 is 0 Å². The molecule has 0 aliphatic rings. The van der Waals surface area contributed by atoms with Crippen molar-refractivity contribution in [3.63, 3.8) is 0 Å². The van der Waals surface area contributed by atoms with Crippen molar-refractivity contribution in [2.24, 2.45) is 5.84 Å². The van der Waals surface area contributed by atoms with Crippen LogP contribution in [0, 0.1) is 6.92 Å². The molecule has 0 aliphatic carbocycles. The number of hydrazine groups is 1. The van der Waals surface area contributed by atoms with Crippen molar-refractivity contribution in [1.29, 1.82) is 0 Å². The van der Waals surface area contributed by atoms with Crippen LogP contribution in [0.15, 0.2) is 24.5 Å². The topological polar surface area (TPSA) is 55.9 Å². The van der Waals surface area contributed by atoms with E-state index in [1.807, 2.05) is 12.4 Å². The maximum Gasteiger partial charge on any atom is 0.110 e. The predicted molar refractivity (Wildman–Crippen MR) is 70.7 cm³/mol. The van der Waals surface area contributed by atoms with Crippen molar-refractivity contribution in [1.82, 2.24) is 15.0 Å². The zero-order valence-corrected chi connectivity index (χ0v) is 11.0. The quantitative estimate of drug-likeness (QED) is 0.630. The van der Waals surface area contributed by atoms with Gasteiger partial charge in [0.25, 0.3) is 0 Å². The standard InChI is InChI=1S/C12H18N4S/c1-3-16-7-6-14-12(16)8-10(15-13)11-5-4-9(2)17-11/h4-7,10,15H,3,8,13H2,1-2H3. The maximum atomic E-state index is 5.64. The molecule has 0 aromatic carbocycles. The molecular formula is C12H18N4S. The van der Waals surface area contributed by atoms with Gasteiger partial charge in [0.15, 0.2) is 0 Å². The van der Waals surface area contributed by atoms with E-state index in [9.17, 15) is 0 Å². The average molecular weight is 250 g/mol. The molecule has 0 radical (unpaired) electrons. The second-order valence-corrected chi connectivity index (χ2v) is 5.32. The summed E-state index contributed by atoms with van der Waals surface area (Å²) in [5, 5.41) is 0. The van der Waals surface area contributed by atoms with Crippen LogP contribution in [0.5, 0.6) is 0 Å². The Kier molecular flexibility index (Phi) is 3.93. The smallest absolute Gasteiger partial charge is 0.110 e. The van der Waals surface area contributed by atoms with Crippen LogP contribution in [-0.4, -0.2) is 9.55 Å². The minimum Gasteiger partial charge on any atom is -0.335 e. The summed E-state index contributed by atoms with van der Waals surface area (Å²) in [5.41, 5.74) is 2.88. The lowest BCUT2D eigenvalue weighted by Crippen LogP contribution is -2.29. The summed E-state index contributed by atoms with van der Waals surface area (Å²) in [6.45, 7) is 5.16. The highest BCUT2D eigenvalue weighted by Gasteiger charge is 2.15. The first-order chi connectivity index (χ1) is 8.24. The lowest BCUT2D eigenvalue weighted by atomic mass is 10.1. The van der Waals surface area contributed by atoms with Crippen molar-refractivity contribution in [3.05, 3.63) is 40.1 Å². The van der Waals surface area contributed by atoms with Crippen LogP contribution in [-0.2, 0) is 13.0 Å². The van der Waals surface area contributed by atoms with E-state index in [1.165, 1.54) is 9.75 Å². The van der Waals surface area contributed by atoms with Gasteiger partial charge in [0.05, 0.1) is 6.04 Å². The van der Waals surface area contributed by atoms with Crippen molar-refractivity contribution in [2.75, 3.05) is 0 Å². The van der Waals surface area contributed by atoms with Crippen molar-refractivity contribution >= 4 is 11.3 Å². The van der Waals surface area contributed by atoms with Gasteiger partial charge in [-0.2, -0.15) is 0 Å². The zero-order chi connectivity index (χ0) is 12.3. The summed E-state index contributed by atoms with van der Waals surface area (Å²) >= 11 is 1.78. The Morgan fingerprint density at radius 2 is 2.35 bits per heavy atom. The summed E-state index contributed by atoms with van der Waals surface area (Å²) < 4.78 is 2.14. The highest BCUT2D eigenvalue weighted by Crippen LogP contribution is 2.24. The van der Waals surface area contributed by atoms with Crippen molar-refractivity contribution in [3.8, 4) is 0 Å². The average Bonchev–Trinajstić information content (AvgIpc) is 2.94. The Labute approximate surface area is 105 Å². The van der Waals surface area contributed by atoms with E-state index in [1.54, 1.807) is 11.3 Å². The second-order valence-electron chi connectivity index (χ2n) is 4.00. The van der Waals surface area contributed by atoms with E-state index in [0.29, 0.717) is 0 Å². The molecule has 2 heterocycles. The summed E-state index contributed by atoms with van der Waals surface area (Å²) in [6.07, 6.45) is 4.66. The Morgan fingerprint density at radius 1 is 1.53 bits per heavy atom. The third-order valence-electron chi connectivity index (χ3n) is 2.83. The van der Waals surface area contributed by atoms with E-state index in [0.717, 1.165) is 18.8 Å². The minimum absolute atomic E-state index is 0.140. The molecule has 5 heteroatoms. The van der Waals surface area contributed by atoms with Crippen LogP contribution in [0.4, 0.5) is 0 Å². The van der Waals surface area contributed by atoms with Crippen LogP contribution in [0.3, 0.4) is 0 Å². The molecule has 4 nitrogen and oxygen atoms in total. The largest absolute Gasteiger partial charge is 0.335 e. The molecule has 2 rings (SSSR count). The van der Waals surface area contributed by atoms with Crippen LogP contribution in [0.25, 0.3) is 0 Å². The van der Waals surface area contributed by atoms with E-state index < -0.39 is 0 Å². The number of hydrogen-bond donors (Lipinski definition) is 2. The van der Waals surface area contributed by atoms with Gasteiger partial charge in [0, 0.05) is 35.1 Å². The third kappa shape index (κ3) is 2.74. The third-order valence-corrected chi connectivity index (χ3v) is 3.95. The van der Waals surface area contributed by atoms with Crippen molar-refractivity contribution < 1.29 is 0 Å². The fourth-order valence-electron chi connectivity index (χ4n) is 1.88. The first-order valence-corrected chi connectivity index (χ1v) is 6.58. The van der Waals surface area contributed by atoms with E-state index in [2.05, 4.69) is 41.0 Å². The lowest BCUT2D eigenvalue weighted by Gasteiger charge is -2.14. The lowest BCUT2D eigenvalue weighted by molar-refractivity contribution is 0.530.